The van der Waals surface area contributed by atoms with Gasteiger partial charge in [-0.25, -0.2) is 0 Å². The van der Waals surface area contributed by atoms with E-state index in [1.165, 1.54) is 33.4 Å². The van der Waals surface area contributed by atoms with E-state index in [0.717, 1.165) is 19.3 Å². The van der Waals surface area contributed by atoms with E-state index in [0.29, 0.717) is 0 Å². The van der Waals surface area contributed by atoms with E-state index in [-0.39, 0.29) is 0 Å². The molecule has 0 N–H and O–H groups in total. The lowest BCUT2D eigenvalue weighted by Gasteiger charge is -2.05. The van der Waals surface area contributed by atoms with Crippen LogP contribution in [-0.4, -0.2) is 0 Å². The molecule has 0 nitrogen and oxygen atoms in total. The molecule has 0 amide bonds. The summed E-state index contributed by atoms with van der Waals surface area (Å²) in [6.07, 6.45) is 6.87. The Hall–Kier alpha value is -2.08. The standard InChI is InChI=1S/C19H18/c1-3-5-14-7-9-16-13-17-10-8-15(6-4-2)12-19(17)18(16)11-14/h3-4,7-12H,1-2,5-6,13H2. The number of fused-ring (bicyclic) bond motifs is 3. The van der Waals surface area contributed by atoms with Crippen molar-refractivity contribution in [2.45, 2.75) is 19.3 Å². The molecule has 0 radical (unpaired) electrons. The van der Waals surface area contributed by atoms with Gasteiger partial charge in [-0.15, -0.1) is 13.2 Å². The number of hydrogen-bond donors (Lipinski definition) is 0. The maximum atomic E-state index is 3.82. The van der Waals surface area contributed by atoms with Crippen LogP contribution in [0.25, 0.3) is 11.1 Å². The van der Waals surface area contributed by atoms with E-state index >= 15 is 0 Å². The van der Waals surface area contributed by atoms with Gasteiger partial charge in [-0.2, -0.15) is 0 Å². The summed E-state index contributed by atoms with van der Waals surface area (Å²) in [5.74, 6) is 0. The van der Waals surface area contributed by atoms with Crippen LogP contribution < -0.4 is 0 Å². The highest BCUT2D eigenvalue weighted by atomic mass is 14.2. The molecule has 0 saturated carbocycles. The van der Waals surface area contributed by atoms with Crippen LogP contribution in [0.3, 0.4) is 0 Å². The van der Waals surface area contributed by atoms with Crippen LogP contribution in [0.4, 0.5) is 0 Å². The zero-order valence-corrected chi connectivity index (χ0v) is 11.2. The molecule has 0 bridgehead atoms. The highest BCUT2D eigenvalue weighted by Crippen LogP contribution is 2.37. The zero-order valence-electron chi connectivity index (χ0n) is 11.2. The van der Waals surface area contributed by atoms with E-state index in [1.54, 1.807) is 0 Å². The third kappa shape index (κ3) is 2.15. The number of rotatable bonds is 4. The molecule has 0 fully saturated rings. The predicted molar refractivity (Wildman–Crippen MR) is 82.5 cm³/mol. The summed E-state index contributed by atoms with van der Waals surface area (Å²) in [5.41, 5.74) is 8.38. The molecule has 0 unspecified atom stereocenters. The van der Waals surface area contributed by atoms with E-state index in [2.05, 4.69) is 49.6 Å². The Bertz CT molecular complexity index is 590. The molecule has 94 valence electrons. The van der Waals surface area contributed by atoms with Crippen LogP contribution >= 0.6 is 0 Å². The molecular formula is C19H18. The lowest BCUT2D eigenvalue weighted by molar-refractivity contribution is 1.22. The Morgan fingerprint density at radius 3 is 1.68 bits per heavy atom. The fraction of sp³-hybridized carbons (Fsp3) is 0.158. The molecule has 0 heteroatoms. The minimum atomic E-state index is 0.939. The van der Waals surface area contributed by atoms with Crippen LogP contribution in [-0.2, 0) is 19.3 Å². The van der Waals surface area contributed by atoms with Gasteiger partial charge < -0.3 is 0 Å². The average Bonchev–Trinajstić information content (AvgIpc) is 2.77. The maximum absolute atomic E-state index is 3.82. The van der Waals surface area contributed by atoms with Crippen LogP contribution in [0.5, 0.6) is 0 Å². The van der Waals surface area contributed by atoms with Gasteiger partial charge in [-0.1, -0.05) is 48.6 Å². The van der Waals surface area contributed by atoms with E-state index < -0.39 is 0 Å². The molecule has 1 aliphatic rings. The van der Waals surface area contributed by atoms with Gasteiger partial charge in [-0.05, 0) is 52.6 Å². The topological polar surface area (TPSA) is 0 Å². The molecule has 0 saturated heterocycles. The van der Waals surface area contributed by atoms with Crippen molar-refractivity contribution in [1.82, 2.24) is 0 Å². The minimum absolute atomic E-state index is 0.939. The quantitative estimate of drug-likeness (QED) is 0.585. The Labute approximate surface area is 115 Å². The fourth-order valence-corrected chi connectivity index (χ4v) is 2.85. The molecule has 0 atom stereocenters. The summed E-state index contributed by atoms with van der Waals surface area (Å²) in [5, 5.41) is 0. The molecule has 1 aliphatic carbocycles. The predicted octanol–water partition coefficient (Wildman–Crippen LogP) is 4.71. The Balaban J connectivity index is 2.08. The second-order valence-corrected chi connectivity index (χ2v) is 5.15. The van der Waals surface area contributed by atoms with Gasteiger partial charge in [0.1, 0.15) is 0 Å². The summed E-state index contributed by atoms with van der Waals surface area (Å²) in [4.78, 5) is 0. The molecule has 19 heavy (non-hydrogen) atoms. The third-order valence-electron chi connectivity index (χ3n) is 3.78. The summed E-state index contributed by atoms with van der Waals surface area (Å²) in [7, 11) is 0. The lowest BCUT2D eigenvalue weighted by Crippen LogP contribution is -1.86. The van der Waals surface area contributed by atoms with Crippen molar-refractivity contribution in [1.29, 1.82) is 0 Å². The van der Waals surface area contributed by atoms with Crippen molar-refractivity contribution in [3.8, 4) is 11.1 Å². The van der Waals surface area contributed by atoms with Crippen molar-refractivity contribution in [2.75, 3.05) is 0 Å². The molecule has 0 aliphatic heterocycles. The van der Waals surface area contributed by atoms with Crippen molar-refractivity contribution in [3.63, 3.8) is 0 Å². The van der Waals surface area contributed by atoms with Gasteiger partial charge in [-0.3, -0.25) is 0 Å². The van der Waals surface area contributed by atoms with Gasteiger partial charge in [0.05, 0.1) is 0 Å². The Kier molecular flexibility index (Phi) is 3.08. The highest BCUT2D eigenvalue weighted by Gasteiger charge is 2.18. The Morgan fingerprint density at radius 1 is 0.789 bits per heavy atom. The van der Waals surface area contributed by atoms with Gasteiger partial charge in [0, 0.05) is 0 Å². The molecule has 2 aromatic carbocycles. The fourth-order valence-electron chi connectivity index (χ4n) is 2.85. The van der Waals surface area contributed by atoms with Gasteiger partial charge in [0.25, 0.3) is 0 Å². The SMILES string of the molecule is C=CCc1ccc2c(c1)-c1cc(CC=C)ccc1C2. The molecule has 0 spiro atoms. The molecule has 0 aromatic heterocycles. The van der Waals surface area contributed by atoms with Crippen molar-refractivity contribution in [3.05, 3.63) is 84.0 Å². The van der Waals surface area contributed by atoms with Crippen molar-refractivity contribution >= 4 is 0 Å². The second-order valence-electron chi connectivity index (χ2n) is 5.15. The Morgan fingerprint density at radius 2 is 1.26 bits per heavy atom. The minimum Gasteiger partial charge on any atom is -0.103 e. The number of hydrogen-bond acceptors (Lipinski definition) is 0. The summed E-state index contributed by atoms with van der Waals surface area (Å²) >= 11 is 0. The average molecular weight is 246 g/mol. The van der Waals surface area contributed by atoms with Gasteiger partial charge in [0.2, 0.25) is 0 Å². The smallest absolute Gasteiger partial charge is 0.00134 e. The first kappa shape index (κ1) is 12.0. The summed E-state index contributed by atoms with van der Waals surface area (Å²) in [6.45, 7) is 7.64. The first-order valence-electron chi connectivity index (χ1n) is 6.77. The van der Waals surface area contributed by atoms with Crippen molar-refractivity contribution in [2.24, 2.45) is 0 Å². The molecule has 2 aromatic rings. The third-order valence-corrected chi connectivity index (χ3v) is 3.78. The van der Waals surface area contributed by atoms with Crippen molar-refractivity contribution < 1.29 is 0 Å². The number of benzene rings is 2. The normalized spacial score (nSPS) is 11.8. The van der Waals surface area contributed by atoms with E-state index in [9.17, 15) is 0 Å². The highest BCUT2D eigenvalue weighted by molar-refractivity contribution is 5.77. The molecular weight excluding hydrogens is 228 g/mol. The first-order valence-corrected chi connectivity index (χ1v) is 6.77. The second kappa shape index (κ2) is 4.89. The maximum Gasteiger partial charge on any atom is -0.00134 e. The van der Waals surface area contributed by atoms with E-state index in [4.69, 9.17) is 0 Å². The summed E-state index contributed by atoms with van der Waals surface area (Å²) < 4.78 is 0. The summed E-state index contributed by atoms with van der Waals surface area (Å²) in [6, 6.07) is 13.6. The van der Waals surface area contributed by atoms with Crippen LogP contribution in [0, 0.1) is 0 Å². The number of allylic oxidation sites excluding steroid dienone is 2. The van der Waals surface area contributed by atoms with Crippen LogP contribution in [0.1, 0.15) is 22.3 Å². The molecule has 3 rings (SSSR count). The van der Waals surface area contributed by atoms with E-state index in [1.807, 2.05) is 12.2 Å². The first-order chi connectivity index (χ1) is 9.31. The van der Waals surface area contributed by atoms with Gasteiger partial charge in [0.15, 0.2) is 0 Å². The van der Waals surface area contributed by atoms with Gasteiger partial charge >= 0.3 is 0 Å². The van der Waals surface area contributed by atoms with Crippen LogP contribution in [0.2, 0.25) is 0 Å². The monoisotopic (exact) mass is 246 g/mol. The van der Waals surface area contributed by atoms with Crippen LogP contribution in [0.15, 0.2) is 61.7 Å². The molecule has 0 heterocycles. The largest absolute Gasteiger partial charge is 0.103 e. The zero-order chi connectivity index (χ0) is 13.2. The lowest BCUT2D eigenvalue weighted by atomic mass is 9.99.